The number of nitrogens with zero attached hydrogens (tertiary/aromatic N) is 3. The smallest absolute Gasteiger partial charge is 0.266 e. The van der Waals surface area contributed by atoms with Crippen LogP contribution in [0, 0.1) is 6.92 Å². The van der Waals surface area contributed by atoms with E-state index in [4.69, 9.17) is 4.74 Å². The monoisotopic (exact) mass is 532 g/mol. The molecule has 2 amide bonds. The van der Waals surface area contributed by atoms with Crippen LogP contribution in [0.2, 0.25) is 0 Å². The maximum atomic E-state index is 13.4. The molecule has 37 heavy (non-hydrogen) atoms. The molecule has 1 unspecified atom stereocenters. The number of fused-ring (bicyclic) bond motifs is 1. The molecule has 2 heterocycles. The highest BCUT2D eigenvalue weighted by Crippen LogP contribution is 2.37. The van der Waals surface area contributed by atoms with Crippen molar-refractivity contribution in [1.82, 2.24) is 20.0 Å². The van der Waals surface area contributed by atoms with Crippen LogP contribution in [-0.4, -0.2) is 45.0 Å². The minimum absolute atomic E-state index is 0.0274. The molecule has 1 N–H and O–H groups in total. The van der Waals surface area contributed by atoms with Crippen LogP contribution in [0.1, 0.15) is 16.5 Å². The lowest BCUT2D eigenvalue weighted by molar-refractivity contribution is -0.138. The third-order valence-corrected chi connectivity index (χ3v) is 8.03. The number of hydrogen-bond acceptors (Lipinski definition) is 7. The second-order valence-electron chi connectivity index (χ2n) is 8.41. The van der Waals surface area contributed by atoms with Gasteiger partial charge in [-0.15, -0.1) is 11.8 Å². The van der Waals surface area contributed by atoms with E-state index in [2.05, 4.69) is 10.4 Å². The fourth-order valence-corrected chi connectivity index (χ4v) is 5.90. The summed E-state index contributed by atoms with van der Waals surface area (Å²) < 4.78 is 6.74. The van der Waals surface area contributed by atoms with E-state index in [0.717, 1.165) is 22.9 Å². The Morgan fingerprint density at radius 1 is 1.08 bits per heavy atom. The zero-order valence-electron chi connectivity index (χ0n) is 20.2. The van der Waals surface area contributed by atoms with Crippen molar-refractivity contribution in [3.63, 3.8) is 0 Å². The molecule has 1 fully saturated rings. The Balaban J connectivity index is 1.38. The average molecular weight is 533 g/mol. The number of aryl methyl sites for hydroxylation is 1. The van der Waals surface area contributed by atoms with Crippen LogP contribution in [0.4, 0.5) is 0 Å². The SMILES string of the molecule is COc1ccc(C2SCC(=O)N2NC(=O)CSc2nc3ccccc3c(=O)n2-c2ccc(C)cc2)cc1. The number of nitrogens with one attached hydrogen (secondary N) is 1. The lowest BCUT2D eigenvalue weighted by Crippen LogP contribution is -2.45. The van der Waals surface area contributed by atoms with Crippen molar-refractivity contribution >= 4 is 46.2 Å². The summed E-state index contributed by atoms with van der Waals surface area (Å²) in [5.41, 5.74) is 5.73. The molecule has 1 aromatic heterocycles. The Labute approximate surface area is 222 Å². The summed E-state index contributed by atoms with van der Waals surface area (Å²) >= 11 is 2.59. The number of hydrogen-bond donors (Lipinski definition) is 1. The van der Waals surface area contributed by atoms with E-state index in [9.17, 15) is 14.4 Å². The first-order chi connectivity index (χ1) is 17.9. The van der Waals surface area contributed by atoms with Gasteiger partial charge in [-0.3, -0.25) is 24.4 Å². The molecule has 1 atom stereocenters. The lowest BCUT2D eigenvalue weighted by atomic mass is 10.2. The number of para-hydroxylation sites is 1. The maximum absolute atomic E-state index is 13.4. The molecule has 188 valence electrons. The second-order valence-corrected chi connectivity index (χ2v) is 10.4. The summed E-state index contributed by atoms with van der Waals surface area (Å²) in [6.07, 6.45) is 0. The van der Waals surface area contributed by atoms with Crippen LogP contribution in [0.15, 0.2) is 82.7 Å². The molecule has 0 saturated carbocycles. The number of ether oxygens (including phenoxy) is 1. The highest BCUT2D eigenvalue weighted by atomic mass is 32.2. The van der Waals surface area contributed by atoms with Crippen molar-refractivity contribution in [3.05, 3.63) is 94.3 Å². The highest BCUT2D eigenvalue weighted by molar-refractivity contribution is 8.00. The summed E-state index contributed by atoms with van der Waals surface area (Å²) in [6.45, 7) is 1.97. The third-order valence-electron chi connectivity index (χ3n) is 5.88. The van der Waals surface area contributed by atoms with Gasteiger partial charge in [0.15, 0.2) is 5.16 Å². The topological polar surface area (TPSA) is 93.5 Å². The Bertz CT molecular complexity index is 1520. The number of aromatic nitrogens is 2. The van der Waals surface area contributed by atoms with Crippen molar-refractivity contribution < 1.29 is 14.3 Å². The first-order valence-electron chi connectivity index (χ1n) is 11.5. The van der Waals surface area contributed by atoms with Crippen molar-refractivity contribution in [3.8, 4) is 11.4 Å². The normalized spacial score (nSPS) is 15.2. The molecule has 0 radical (unpaired) electrons. The molecule has 0 spiro atoms. The summed E-state index contributed by atoms with van der Waals surface area (Å²) in [4.78, 5) is 43.6. The van der Waals surface area contributed by atoms with E-state index in [1.807, 2.05) is 61.5 Å². The van der Waals surface area contributed by atoms with Crippen molar-refractivity contribution in [1.29, 1.82) is 0 Å². The van der Waals surface area contributed by atoms with Crippen LogP contribution >= 0.6 is 23.5 Å². The Morgan fingerprint density at radius 2 is 1.81 bits per heavy atom. The van der Waals surface area contributed by atoms with Gasteiger partial charge in [0.2, 0.25) is 5.91 Å². The predicted molar refractivity (Wildman–Crippen MR) is 146 cm³/mol. The summed E-state index contributed by atoms with van der Waals surface area (Å²) in [5, 5.41) is 1.93. The third kappa shape index (κ3) is 5.21. The van der Waals surface area contributed by atoms with E-state index in [-0.39, 0.29) is 34.3 Å². The van der Waals surface area contributed by atoms with Gasteiger partial charge in [-0.1, -0.05) is 53.7 Å². The van der Waals surface area contributed by atoms with Crippen LogP contribution in [0.5, 0.6) is 5.75 Å². The molecule has 0 aliphatic carbocycles. The maximum Gasteiger partial charge on any atom is 0.266 e. The van der Waals surface area contributed by atoms with Gasteiger partial charge in [-0.2, -0.15) is 0 Å². The lowest BCUT2D eigenvalue weighted by Gasteiger charge is -2.24. The van der Waals surface area contributed by atoms with Crippen LogP contribution in [0.3, 0.4) is 0 Å². The number of benzene rings is 3. The van der Waals surface area contributed by atoms with Gasteiger partial charge in [-0.05, 0) is 48.9 Å². The van der Waals surface area contributed by atoms with E-state index < -0.39 is 0 Å². The quantitative estimate of drug-likeness (QED) is 0.283. The first-order valence-corrected chi connectivity index (χ1v) is 13.6. The number of thioether (sulfide) groups is 2. The molecule has 8 nitrogen and oxygen atoms in total. The van der Waals surface area contributed by atoms with Gasteiger partial charge in [0.25, 0.3) is 11.5 Å². The Morgan fingerprint density at radius 3 is 2.54 bits per heavy atom. The first kappa shape index (κ1) is 24.9. The number of amides is 2. The highest BCUT2D eigenvalue weighted by Gasteiger charge is 2.34. The van der Waals surface area contributed by atoms with Gasteiger partial charge >= 0.3 is 0 Å². The zero-order valence-corrected chi connectivity index (χ0v) is 21.8. The van der Waals surface area contributed by atoms with Crippen molar-refractivity contribution in [2.45, 2.75) is 17.5 Å². The number of rotatable bonds is 7. The van der Waals surface area contributed by atoms with Crippen LogP contribution in [-0.2, 0) is 9.59 Å². The molecular formula is C27H24N4O4S2. The largest absolute Gasteiger partial charge is 0.497 e. The second kappa shape index (κ2) is 10.7. The molecule has 5 rings (SSSR count). The minimum atomic E-state index is -0.364. The minimum Gasteiger partial charge on any atom is -0.497 e. The molecular weight excluding hydrogens is 508 g/mol. The number of carbonyl (C=O) groups is 2. The fraction of sp³-hybridized carbons (Fsp3) is 0.185. The van der Waals surface area contributed by atoms with Gasteiger partial charge < -0.3 is 4.74 Å². The van der Waals surface area contributed by atoms with E-state index in [0.29, 0.717) is 27.5 Å². The van der Waals surface area contributed by atoms with E-state index in [1.54, 1.807) is 25.3 Å². The van der Waals surface area contributed by atoms with Crippen LogP contribution in [0.25, 0.3) is 16.6 Å². The van der Waals surface area contributed by atoms with E-state index in [1.165, 1.54) is 21.3 Å². The number of hydrazine groups is 1. The van der Waals surface area contributed by atoms with Crippen LogP contribution < -0.4 is 15.7 Å². The zero-order chi connectivity index (χ0) is 25.9. The molecule has 1 aliphatic rings. The molecule has 4 aromatic rings. The molecule has 10 heteroatoms. The molecule has 0 bridgehead atoms. The van der Waals surface area contributed by atoms with Gasteiger partial charge in [-0.25, -0.2) is 9.99 Å². The predicted octanol–water partition coefficient (Wildman–Crippen LogP) is 4.10. The van der Waals surface area contributed by atoms with Crippen molar-refractivity contribution in [2.75, 3.05) is 18.6 Å². The van der Waals surface area contributed by atoms with E-state index >= 15 is 0 Å². The fourth-order valence-electron chi connectivity index (χ4n) is 3.99. The van der Waals surface area contributed by atoms with Gasteiger partial charge in [0.05, 0.1) is 35.2 Å². The molecule has 1 aliphatic heterocycles. The van der Waals surface area contributed by atoms with Gasteiger partial charge in [0, 0.05) is 0 Å². The Kier molecular flexibility index (Phi) is 7.20. The standard InChI is InChI=1S/C27H24N4O4S2/c1-17-7-11-19(12-8-17)30-25(34)21-5-3-4-6-22(21)28-27(30)37-15-23(32)29-31-24(33)16-36-26(31)18-9-13-20(35-2)14-10-18/h3-14,26H,15-16H2,1-2H3,(H,29,32). The molecule has 1 saturated heterocycles. The number of carbonyl (C=O) groups excluding carboxylic acids is 2. The Hall–Kier alpha value is -3.76. The average Bonchev–Trinajstić information content (AvgIpc) is 3.28. The number of methoxy groups -OCH3 is 1. The summed E-state index contributed by atoms with van der Waals surface area (Å²) in [5.74, 6) is 0.415. The van der Waals surface area contributed by atoms with Crippen molar-refractivity contribution in [2.24, 2.45) is 0 Å². The summed E-state index contributed by atoms with van der Waals surface area (Å²) in [7, 11) is 1.59. The van der Waals surface area contributed by atoms with Gasteiger partial charge in [0.1, 0.15) is 11.1 Å². The summed E-state index contributed by atoms with van der Waals surface area (Å²) in [6, 6.07) is 22.1. The molecule has 3 aromatic carbocycles.